The summed E-state index contributed by atoms with van der Waals surface area (Å²) in [5.41, 5.74) is 1.44. The van der Waals surface area contributed by atoms with Crippen LogP contribution in [0.5, 0.6) is 0 Å². The summed E-state index contributed by atoms with van der Waals surface area (Å²) in [5, 5.41) is 6.06. The Kier molecular flexibility index (Phi) is 4.18. The van der Waals surface area contributed by atoms with Gasteiger partial charge in [0, 0.05) is 5.56 Å². The molecule has 1 rings (SSSR count). The molecule has 0 aliphatic rings. The third-order valence-corrected chi connectivity index (χ3v) is 1.12. The minimum absolute atomic E-state index is 0.111. The predicted molar refractivity (Wildman–Crippen MR) is 45.7 cm³/mol. The van der Waals surface area contributed by atoms with E-state index in [2.05, 4.69) is 10.2 Å². The zero-order chi connectivity index (χ0) is 8.85. The molecule has 0 radical (unpaired) electrons. The average molecular weight is 154 g/mol. The van der Waals surface area contributed by atoms with E-state index in [4.69, 9.17) is 0 Å². The molecule has 0 aliphatic heterocycles. The number of nitrogens with one attached hydrogen (secondary N) is 1. The van der Waals surface area contributed by atoms with Gasteiger partial charge in [0.1, 0.15) is 0 Å². The second-order valence-electron chi connectivity index (χ2n) is 2.02. The number of hydrogen-bond donors (Lipinski definition) is 1. The van der Waals surface area contributed by atoms with E-state index in [0.29, 0.717) is 5.56 Å². The maximum atomic E-state index is 10.7. The minimum atomic E-state index is -0.111. The average Bonchev–Trinajstić information content (AvgIpc) is 2.02. The van der Waals surface area contributed by atoms with Gasteiger partial charge in [0.2, 0.25) is 0 Å². The van der Waals surface area contributed by atoms with E-state index in [1.165, 1.54) is 0 Å². The highest BCUT2D eigenvalue weighted by atomic mass is 16.1. The van der Waals surface area contributed by atoms with Crippen LogP contribution in [0.1, 0.15) is 25.1 Å². The topological polar surface area (TPSA) is 45.8 Å². The van der Waals surface area contributed by atoms with Gasteiger partial charge in [-0.1, -0.05) is 13.8 Å². The van der Waals surface area contributed by atoms with E-state index >= 15 is 0 Å². The maximum absolute atomic E-state index is 10.7. The zero-order valence-corrected chi connectivity index (χ0v) is 7.43. The number of nitrogens with zero attached hydrogens (tertiary/aromatic N) is 1. The van der Waals surface area contributed by atoms with E-state index < -0.39 is 0 Å². The Morgan fingerprint density at radius 1 is 1.36 bits per heavy atom. The lowest BCUT2D eigenvalue weighted by Gasteiger charge is -1.89. The molecule has 3 nitrogen and oxygen atoms in total. The Balaban J connectivity index is 0.000000461. The first-order valence-electron chi connectivity index (χ1n) is 3.73. The summed E-state index contributed by atoms with van der Waals surface area (Å²) in [4.78, 5) is 10.7. The fourth-order valence-electron chi connectivity index (χ4n) is 0.638. The van der Waals surface area contributed by atoms with Gasteiger partial charge in [0.15, 0.2) is 0 Å². The van der Waals surface area contributed by atoms with Crippen molar-refractivity contribution in [3.05, 3.63) is 27.7 Å². The lowest BCUT2D eigenvalue weighted by Crippen LogP contribution is -2.11. The summed E-state index contributed by atoms with van der Waals surface area (Å²) in [6.07, 6.45) is 0. The van der Waals surface area contributed by atoms with Gasteiger partial charge >= 0.3 is 0 Å². The SMILES string of the molecule is CC.Cc1cc(C)c(=O)[nH]n1. The van der Waals surface area contributed by atoms with E-state index in [-0.39, 0.29) is 5.56 Å². The Bertz CT molecular complexity index is 265. The summed E-state index contributed by atoms with van der Waals surface area (Å²) >= 11 is 0. The molecule has 0 amide bonds. The Morgan fingerprint density at radius 2 is 1.91 bits per heavy atom. The van der Waals surface area contributed by atoms with Gasteiger partial charge in [0.25, 0.3) is 5.56 Å². The maximum Gasteiger partial charge on any atom is 0.267 e. The third-order valence-electron chi connectivity index (χ3n) is 1.12. The van der Waals surface area contributed by atoms with Crippen LogP contribution in [0.2, 0.25) is 0 Å². The number of H-pyrrole nitrogens is 1. The highest BCUT2D eigenvalue weighted by Gasteiger charge is 1.90. The van der Waals surface area contributed by atoms with Crippen LogP contribution < -0.4 is 5.56 Å². The van der Waals surface area contributed by atoms with Crippen LogP contribution in [0.25, 0.3) is 0 Å². The molecule has 11 heavy (non-hydrogen) atoms. The molecule has 0 unspecified atom stereocenters. The summed E-state index contributed by atoms with van der Waals surface area (Å²) < 4.78 is 0. The molecule has 1 heterocycles. The molecule has 0 bridgehead atoms. The van der Waals surface area contributed by atoms with Crippen molar-refractivity contribution in [2.45, 2.75) is 27.7 Å². The van der Waals surface area contributed by atoms with Crippen LogP contribution in [0.15, 0.2) is 10.9 Å². The number of aryl methyl sites for hydroxylation is 2. The van der Waals surface area contributed by atoms with Gasteiger partial charge in [-0.2, -0.15) is 5.10 Å². The fourth-order valence-corrected chi connectivity index (χ4v) is 0.638. The zero-order valence-electron chi connectivity index (χ0n) is 7.43. The van der Waals surface area contributed by atoms with E-state index in [9.17, 15) is 4.79 Å². The van der Waals surface area contributed by atoms with Gasteiger partial charge < -0.3 is 0 Å². The second kappa shape index (κ2) is 4.66. The number of hydrogen-bond acceptors (Lipinski definition) is 2. The standard InChI is InChI=1S/C6H8N2O.C2H6/c1-4-3-5(2)7-8-6(4)9;1-2/h3H,1-2H3,(H,8,9);1-2H3. The third kappa shape index (κ3) is 2.98. The van der Waals surface area contributed by atoms with Crippen molar-refractivity contribution < 1.29 is 0 Å². The highest BCUT2D eigenvalue weighted by molar-refractivity contribution is 5.08. The van der Waals surface area contributed by atoms with Crippen LogP contribution >= 0.6 is 0 Å². The highest BCUT2D eigenvalue weighted by Crippen LogP contribution is 1.88. The van der Waals surface area contributed by atoms with E-state index in [0.717, 1.165) is 5.69 Å². The largest absolute Gasteiger partial charge is 0.268 e. The first-order chi connectivity index (χ1) is 5.20. The lowest BCUT2D eigenvalue weighted by molar-refractivity contribution is 0.929. The van der Waals surface area contributed by atoms with Gasteiger partial charge in [-0.05, 0) is 19.9 Å². The van der Waals surface area contributed by atoms with Gasteiger partial charge in [0.05, 0.1) is 5.69 Å². The summed E-state index contributed by atoms with van der Waals surface area (Å²) in [7, 11) is 0. The minimum Gasteiger partial charge on any atom is -0.268 e. The van der Waals surface area contributed by atoms with Crippen LogP contribution in [0, 0.1) is 13.8 Å². The number of aromatic amines is 1. The Labute approximate surface area is 66.5 Å². The van der Waals surface area contributed by atoms with Crippen LogP contribution in [0.4, 0.5) is 0 Å². The number of rotatable bonds is 0. The molecule has 3 heteroatoms. The summed E-state index contributed by atoms with van der Waals surface area (Å²) in [6, 6.07) is 1.75. The smallest absolute Gasteiger partial charge is 0.267 e. The van der Waals surface area contributed by atoms with Crippen molar-refractivity contribution in [2.75, 3.05) is 0 Å². The van der Waals surface area contributed by atoms with Gasteiger partial charge in [-0.3, -0.25) is 4.79 Å². The van der Waals surface area contributed by atoms with Crippen molar-refractivity contribution in [1.29, 1.82) is 0 Å². The van der Waals surface area contributed by atoms with Crippen molar-refractivity contribution in [2.24, 2.45) is 0 Å². The van der Waals surface area contributed by atoms with Crippen molar-refractivity contribution >= 4 is 0 Å². The van der Waals surface area contributed by atoms with Crippen molar-refractivity contribution in [3.63, 3.8) is 0 Å². The molecule has 1 aromatic heterocycles. The van der Waals surface area contributed by atoms with Crippen LogP contribution in [-0.4, -0.2) is 10.2 Å². The Hall–Kier alpha value is -1.12. The van der Waals surface area contributed by atoms with Gasteiger partial charge in [-0.25, -0.2) is 5.10 Å². The molecule has 0 spiro atoms. The molecule has 0 saturated heterocycles. The first-order valence-corrected chi connectivity index (χ1v) is 3.73. The predicted octanol–water partition coefficient (Wildman–Crippen LogP) is 1.41. The van der Waals surface area contributed by atoms with E-state index in [1.807, 2.05) is 20.8 Å². The molecule has 0 aliphatic carbocycles. The van der Waals surface area contributed by atoms with Crippen molar-refractivity contribution in [3.8, 4) is 0 Å². The van der Waals surface area contributed by atoms with Gasteiger partial charge in [-0.15, -0.1) is 0 Å². The van der Waals surface area contributed by atoms with Crippen LogP contribution in [0.3, 0.4) is 0 Å². The quantitative estimate of drug-likeness (QED) is 0.614. The van der Waals surface area contributed by atoms with Crippen LogP contribution in [-0.2, 0) is 0 Å². The molecule has 62 valence electrons. The molecule has 0 fully saturated rings. The molecule has 0 aromatic carbocycles. The molecular formula is C8H14N2O. The molecular weight excluding hydrogens is 140 g/mol. The molecule has 0 atom stereocenters. The fraction of sp³-hybridized carbons (Fsp3) is 0.500. The lowest BCUT2D eigenvalue weighted by atomic mass is 10.3. The molecule has 0 saturated carbocycles. The Morgan fingerprint density at radius 3 is 2.27 bits per heavy atom. The molecule has 1 aromatic rings. The monoisotopic (exact) mass is 154 g/mol. The number of aromatic nitrogens is 2. The molecule has 1 N–H and O–H groups in total. The second-order valence-corrected chi connectivity index (χ2v) is 2.02. The summed E-state index contributed by atoms with van der Waals surface area (Å²) in [5.74, 6) is 0. The summed E-state index contributed by atoms with van der Waals surface area (Å²) in [6.45, 7) is 7.59. The van der Waals surface area contributed by atoms with E-state index in [1.54, 1.807) is 13.0 Å². The van der Waals surface area contributed by atoms with Crippen molar-refractivity contribution in [1.82, 2.24) is 10.2 Å². The first kappa shape index (κ1) is 9.88. The normalized spacial score (nSPS) is 8.36.